The minimum Gasteiger partial charge on any atom is -0.494 e. The van der Waals surface area contributed by atoms with Crippen molar-refractivity contribution in [2.24, 2.45) is 5.92 Å². The Morgan fingerprint density at radius 3 is 2.60 bits per heavy atom. The van der Waals surface area contributed by atoms with Crippen molar-refractivity contribution >= 4 is 34.6 Å². The number of hydroxylamine groups is 1. The molecule has 11 nitrogen and oxygen atoms in total. The average molecular weight is 662 g/mol. The molecule has 2 N–H and O–H groups in total. The number of fused-ring (bicyclic) bond motifs is 2. The van der Waals surface area contributed by atoms with Crippen LogP contribution in [0.15, 0.2) is 55.4 Å². The van der Waals surface area contributed by atoms with E-state index < -0.39 is 17.7 Å². The average Bonchev–Trinajstić information content (AvgIpc) is 3.71. The summed E-state index contributed by atoms with van der Waals surface area (Å²) in [5, 5.41) is 7.83. The van der Waals surface area contributed by atoms with Crippen LogP contribution in [0.5, 0.6) is 5.75 Å². The minimum atomic E-state index is -0.652. The van der Waals surface area contributed by atoms with Crippen LogP contribution in [0.4, 0.5) is 37.5 Å². The first-order chi connectivity index (χ1) is 23.4. The van der Waals surface area contributed by atoms with Crippen LogP contribution >= 0.6 is 0 Å². The number of nitrogens with zero attached hydrogens (tertiary/aromatic N) is 5. The lowest BCUT2D eigenvalue weighted by Gasteiger charge is -2.40. The van der Waals surface area contributed by atoms with Gasteiger partial charge in [-0.3, -0.25) is 14.5 Å². The Morgan fingerprint density at radius 1 is 1.02 bits per heavy atom. The van der Waals surface area contributed by atoms with Gasteiger partial charge in [0.1, 0.15) is 29.5 Å². The van der Waals surface area contributed by atoms with E-state index in [0.717, 1.165) is 57.4 Å². The number of likely N-dealkylation sites (tertiary alicyclic amines) is 1. The number of ether oxygens (including phenoxy) is 2. The fourth-order valence-corrected chi connectivity index (χ4v) is 7.43. The maximum Gasteiger partial charge on any atom is 0.247 e. The number of benzene rings is 2. The number of methoxy groups -OCH3 is 1. The summed E-state index contributed by atoms with van der Waals surface area (Å²) in [6.45, 7) is 8.72. The summed E-state index contributed by atoms with van der Waals surface area (Å²) in [6, 6.07) is 8.97. The number of hydrogen-bond donors (Lipinski definition) is 2. The molecule has 2 aromatic carbocycles. The highest BCUT2D eigenvalue weighted by Gasteiger charge is 2.35. The van der Waals surface area contributed by atoms with Gasteiger partial charge in [0, 0.05) is 56.9 Å². The van der Waals surface area contributed by atoms with Gasteiger partial charge in [-0.1, -0.05) is 6.58 Å². The Morgan fingerprint density at radius 2 is 1.83 bits per heavy atom. The van der Waals surface area contributed by atoms with Gasteiger partial charge in [-0.05, 0) is 68.0 Å². The molecule has 2 unspecified atom stereocenters. The molecule has 3 atom stereocenters. The van der Waals surface area contributed by atoms with Crippen molar-refractivity contribution in [3.8, 4) is 5.75 Å². The number of hydrogen-bond acceptors (Lipinski definition) is 10. The van der Waals surface area contributed by atoms with Crippen LogP contribution in [-0.4, -0.2) is 79.4 Å². The molecule has 7 rings (SSSR count). The molecule has 5 heterocycles. The van der Waals surface area contributed by atoms with Gasteiger partial charge in [-0.2, -0.15) is 0 Å². The SMILES string of the molecule is C=CC(=O)Nc1cc(Nc2cc(N3OCC[C@@H]3c3cc(F)cc(F)c3)ncn2)c(OC)cc1N1CCC(N2CCC3COC(C3)C2)CC1. The second-order valence-electron chi connectivity index (χ2n) is 12.9. The van der Waals surface area contributed by atoms with Gasteiger partial charge in [0.15, 0.2) is 5.82 Å². The minimum absolute atomic E-state index is 0.322. The number of anilines is 5. The van der Waals surface area contributed by atoms with Crippen molar-refractivity contribution in [1.29, 1.82) is 0 Å². The van der Waals surface area contributed by atoms with Crippen molar-refractivity contribution in [3.05, 3.63) is 72.6 Å². The zero-order valence-electron chi connectivity index (χ0n) is 27.0. The molecule has 13 heteroatoms. The van der Waals surface area contributed by atoms with E-state index in [9.17, 15) is 13.6 Å². The molecule has 0 aliphatic carbocycles. The predicted octanol–water partition coefficient (Wildman–Crippen LogP) is 5.59. The van der Waals surface area contributed by atoms with E-state index in [-0.39, 0.29) is 5.91 Å². The monoisotopic (exact) mass is 661 g/mol. The molecule has 0 spiro atoms. The third kappa shape index (κ3) is 6.94. The predicted molar refractivity (Wildman–Crippen MR) is 179 cm³/mol. The Labute approximate surface area is 278 Å². The maximum atomic E-state index is 14.0. The van der Waals surface area contributed by atoms with Crippen molar-refractivity contribution in [2.45, 2.75) is 50.3 Å². The number of halogens is 2. The summed E-state index contributed by atoms with van der Waals surface area (Å²) < 4.78 is 39.9. The number of piperidine rings is 1. The standard InChI is InChI=1S/C35H41F2N7O4/c1-3-35(45)41-28-16-29(40-33-18-34(39-21-38-33)44-30(7-11-48-44)23-13-24(36)15-25(37)14-23)32(46-2)17-31(28)42-9-5-26(6-10-42)43-8-4-22-12-27(19-43)47-20-22/h3,13-18,21-22,26-27,30H,1,4-12,19-20H2,2H3,(H,41,45)(H,38,39,40)/t22?,27?,30-/m1/s1. The van der Waals surface area contributed by atoms with Crippen LogP contribution in [0.1, 0.15) is 43.7 Å². The van der Waals surface area contributed by atoms with Gasteiger partial charge < -0.3 is 25.0 Å². The molecule has 1 amide bonds. The summed E-state index contributed by atoms with van der Waals surface area (Å²) in [5.41, 5.74) is 2.51. The number of carbonyl (C=O) groups excluding carboxylic acids is 1. The highest BCUT2D eigenvalue weighted by atomic mass is 19.1. The quantitative estimate of drug-likeness (QED) is 0.282. The zero-order valence-corrected chi connectivity index (χ0v) is 27.0. The van der Waals surface area contributed by atoms with Crippen LogP contribution in [-0.2, 0) is 14.4 Å². The molecule has 48 heavy (non-hydrogen) atoms. The smallest absolute Gasteiger partial charge is 0.247 e. The lowest BCUT2D eigenvalue weighted by molar-refractivity contribution is -0.111. The highest BCUT2D eigenvalue weighted by molar-refractivity contribution is 6.02. The Hall–Kier alpha value is -4.33. The van der Waals surface area contributed by atoms with Crippen molar-refractivity contribution in [1.82, 2.24) is 14.9 Å². The number of carbonyl (C=O) groups is 1. The van der Waals surface area contributed by atoms with Crippen molar-refractivity contribution < 1.29 is 27.9 Å². The third-order valence-corrected chi connectivity index (χ3v) is 9.82. The lowest BCUT2D eigenvalue weighted by atomic mass is 10.0. The molecule has 0 radical (unpaired) electrons. The van der Waals surface area contributed by atoms with E-state index in [1.54, 1.807) is 18.2 Å². The van der Waals surface area contributed by atoms with E-state index in [2.05, 4.69) is 37.0 Å². The van der Waals surface area contributed by atoms with E-state index in [1.807, 2.05) is 12.1 Å². The molecule has 254 valence electrons. The molecule has 4 aliphatic rings. The molecule has 3 aromatic rings. The first-order valence-electron chi connectivity index (χ1n) is 16.6. The fraction of sp³-hybridized carbons (Fsp3) is 0.457. The van der Waals surface area contributed by atoms with Crippen LogP contribution in [0, 0.1) is 17.6 Å². The van der Waals surface area contributed by atoms with Crippen LogP contribution in [0.3, 0.4) is 0 Å². The first kappa shape index (κ1) is 32.2. The van der Waals surface area contributed by atoms with E-state index in [4.69, 9.17) is 14.3 Å². The van der Waals surface area contributed by atoms with Gasteiger partial charge in [0.05, 0.1) is 42.9 Å². The second-order valence-corrected chi connectivity index (χ2v) is 12.9. The summed E-state index contributed by atoms with van der Waals surface area (Å²) >= 11 is 0. The number of amides is 1. The third-order valence-electron chi connectivity index (χ3n) is 9.82. The molecule has 2 bridgehead atoms. The van der Waals surface area contributed by atoms with Gasteiger partial charge in [0.25, 0.3) is 0 Å². The maximum absolute atomic E-state index is 14.0. The van der Waals surface area contributed by atoms with Crippen molar-refractivity contribution in [2.75, 3.05) is 67.1 Å². The van der Waals surface area contributed by atoms with Gasteiger partial charge in [-0.15, -0.1) is 0 Å². The number of nitrogens with one attached hydrogen (secondary N) is 2. The van der Waals surface area contributed by atoms with Crippen molar-refractivity contribution in [3.63, 3.8) is 0 Å². The summed E-state index contributed by atoms with van der Waals surface area (Å²) in [5.74, 6) is 0.485. The fourth-order valence-electron chi connectivity index (χ4n) is 7.43. The zero-order chi connectivity index (χ0) is 33.2. The van der Waals surface area contributed by atoms with Gasteiger partial charge in [0.2, 0.25) is 5.91 Å². The Balaban J connectivity index is 1.10. The molecule has 4 aliphatic heterocycles. The van der Waals surface area contributed by atoms with E-state index >= 15 is 0 Å². The largest absolute Gasteiger partial charge is 0.494 e. The molecule has 1 aromatic heterocycles. The van der Waals surface area contributed by atoms with Crippen LogP contribution in [0.2, 0.25) is 0 Å². The Bertz CT molecular complexity index is 1630. The molecular formula is C35H41F2N7O4. The molecule has 0 saturated carbocycles. The molecule has 4 saturated heterocycles. The molecular weight excluding hydrogens is 620 g/mol. The van der Waals surface area contributed by atoms with Crippen LogP contribution in [0.25, 0.3) is 0 Å². The summed E-state index contributed by atoms with van der Waals surface area (Å²) in [6.07, 6.45) is 7.93. The first-order valence-corrected chi connectivity index (χ1v) is 16.6. The van der Waals surface area contributed by atoms with E-state index in [0.29, 0.717) is 65.4 Å². The Kier molecular flexibility index (Phi) is 9.42. The number of aromatic nitrogens is 2. The second kappa shape index (κ2) is 14.0. The van der Waals surface area contributed by atoms with Crippen LogP contribution < -0.4 is 25.3 Å². The number of rotatable bonds is 9. The topological polar surface area (TPSA) is 104 Å². The highest BCUT2D eigenvalue weighted by Crippen LogP contribution is 2.41. The van der Waals surface area contributed by atoms with E-state index in [1.165, 1.54) is 37.4 Å². The summed E-state index contributed by atoms with van der Waals surface area (Å²) in [7, 11) is 1.60. The summed E-state index contributed by atoms with van der Waals surface area (Å²) in [4.78, 5) is 32.1. The van der Waals surface area contributed by atoms with Gasteiger partial charge in [-0.25, -0.2) is 23.8 Å². The normalized spacial score (nSPS) is 23.2. The lowest BCUT2D eigenvalue weighted by Crippen LogP contribution is -2.47. The molecule has 4 fully saturated rings. The van der Waals surface area contributed by atoms with Gasteiger partial charge >= 0.3 is 0 Å².